The van der Waals surface area contributed by atoms with Crippen molar-refractivity contribution in [3.05, 3.63) is 44.6 Å². The lowest BCUT2D eigenvalue weighted by Crippen LogP contribution is -2.23. The predicted octanol–water partition coefficient (Wildman–Crippen LogP) is 4.56. The lowest BCUT2D eigenvalue weighted by atomic mass is 10.1. The second kappa shape index (κ2) is 4.48. The fourth-order valence-electron chi connectivity index (χ4n) is 2.31. The number of hydrogen-bond acceptors (Lipinski definition) is 3. The van der Waals surface area contributed by atoms with Crippen molar-refractivity contribution in [3.63, 3.8) is 0 Å². The maximum absolute atomic E-state index is 6.10. The summed E-state index contributed by atoms with van der Waals surface area (Å²) in [6.45, 7) is 4.96. The molecule has 1 N–H and O–H groups in total. The number of benzene rings is 1. The number of ether oxygens (including phenoxy) is 1. The van der Waals surface area contributed by atoms with Gasteiger partial charge in [-0.1, -0.05) is 17.7 Å². The summed E-state index contributed by atoms with van der Waals surface area (Å²) in [6.07, 6.45) is 0.0441. The standard InChI is InChI=1S/C14H14ClNOS/c1-8-3-9(2)14-11(4-8)16-6-12(17-14)10-5-13(15)18-7-10/h3-5,7,12,16H,6H2,1-2H3. The Morgan fingerprint density at radius 3 is 2.89 bits per heavy atom. The first-order valence-corrected chi connectivity index (χ1v) is 7.15. The number of aryl methyl sites for hydroxylation is 2. The van der Waals surface area contributed by atoms with Crippen molar-refractivity contribution in [2.24, 2.45) is 0 Å². The van der Waals surface area contributed by atoms with E-state index in [0.29, 0.717) is 0 Å². The minimum absolute atomic E-state index is 0.0441. The zero-order chi connectivity index (χ0) is 12.7. The smallest absolute Gasteiger partial charge is 0.146 e. The molecule has 18 heavy (non-hydrogen) atoms. The molecule has 0 amide bonds. The molecule has 1 atom stereocenters. The maximum Gasteiger partial charge on any atom is 0.146 e. The van der Waals surface area contributed by atoms with Crippen LogP contribution in [0.1, 0.15) is 22.8 Å². The van der Waals surface area contributed by atoms with E-state index in [1.54, 1.807) is 11.3 Å². The summed E-state index contributed by atoms with van der Waals surface area (Å²) in [5, 5.41) is 5.50. The number of nitrogens with one attached hydrogen (secondary N) is 1. The predicted molar refractivity (Wildman–Crippen MR) is 77.1 cm³/mol. The van der Waals surface area contributed by atoms with Crippen LogP contribution >= 0.6 is 22.9 Å². The Morgan fingerprint density at radius 1 is 1.33 bits per heavy atom. The normalized spacial score (nSPS) is 17.8. The molecule has 0 bridgehead atoms. The summed E-state index contributed by atoms with van der Waals surface area (Å²) in [5.74, 6) is 0.958. The van der Waals surface area contributed by atoms with Gasteiger partial charge in [0.1, 0.15) is 11.9 Å². The summed E-state index contributed by atoms with van der Waals surface area (Å²) in [6, 6.07) is 6.25. The third-order valence-electron chi connectivity index (χ3n) is 3.12. The van der Waals surface area contributed by atoms with Crippen LogP contribution in [0.3, 0.4) is 0 Å². The third-order valence-corrected chi connectivity index (χ3v) is 4.23. The lowest BCUT2D eigenvalue weighted by Gasteiger charge is -2.28. The molecule has 0 saturated heterocycles. The second-order valence-corrected chi connectivity index (χ2v) is 6.17. The molecular formula is C14H14ClNOS. The van der Waals surface area contributed by atoms with Gasteiger partial charge in [-0.25, -0.2) is 0 Å². The summed E-state index contributed by atoms with van der Waals surface area (Å²) in [7, 11) is 0. The van der Waals surface area contributed by atoms with Crippen LogP contribution in [0, 0.1) is 13.8 Å². The highest BCUT2D eigenvalue weighted by Gasteiger charge is 2.23. The highest BCUT2D eigenvalue weighted by atomic mass is 35.5. The highest BCUT2D eigenvalue weighted by molar-refractivity contribution is 7.14. The number of anilines is 1. The molecule has 1 aromatic heterocycles. The van der Waals surface area contributed by atoms with Crippen LogP contribution in [-0.2, 0) is 0 Å². The van der Waals surface area contributed by atoms with E-state index in [-0.39, 0.29) is 6.10 Å². The molecule has 0 spiro atoms. The quantitative estimate of drug-likeness (QED) is 0.826. The van der Waals surface area contributed by atoms with Gasteiger partial charge < -0.3 is 10.1 Å². The topological polar surface area (TPSA) is 21.3 Å². The lowest BCUT2D eigenvalue weighted by molar-refractivity contribution is 0.209. The Morgan fingerprint density at radius 2 is 2.17 bits per heavy atom. The van der Waals surface area contributed by atoms with Gasteiger partial charge in [0.15, 0.2) is 0 Å². The van der Waals surface area contributed by atoms with Crippen molar-refractivity contribution in [1.29, 1.82) is 0 Å². The number of rotatable bonds is 1. The minimum atomic E-state index is 0.0441. The van der Waals surface area contributed by atoms with Gasteiger partial charge >= 0.3 is 0 Å². The second-order valence-electron chi connectivity index (χ2n) is 4.63. The molecule has 1 unspecified atom stereocenters. The maximum atomic E-state index is 6.10. The van der Waals surface area contributed by atoms with Crippen molar-refractivity contribution in [1.82, 2.24) is 0 Å². The molecule has 1 aliphatic rings. The molecule has 1 aromatic carbocycles. The summed E-state index contributed by atoms with van der Waals surface area (Å²) < 4.78 is 6.91. The van der Waals surface area contributed by atoms with E-state index in [1.165, 1.54) is 11.1 Å². The van der Waals surface area contributed by atoms with Crippen molar-refractivity contribution in [3.8, 4) is 5.75 Å². The van der Waals surface area contributed by atoms with Crippen molar-refractivity contribution >= 4 is 28.6 Å². The van der Waals surface area contributed by atoms with Gasteiger partial charge in [-0.3, -0.25) is 0 Å². The van der Waals surface area contributed by atoms with Crippen LogP contribution in [0.25, 0.3) is 0 Å². The van der Waals surface area contributed by atoms with E-state index < -0.39 is 0 Å². The van der Waals surface area contributed by atoms with Gasteiger partial charge in [0.05, 0.1) is 16.6 Å². The van der Waals surface area contributed by atoms with Gasteiger partial charge in [0, 0.05) is 5.56 Å². The zero-order valence-corrected chi connectivity index (χ0v) is 11.9. The van der Waals surface area contributed by atoms with Crippen molar-refractivity contribution < 1.29 is 4.74 Å². The fraction of sp³-hybridized carbons (Fsp3) is 0.286. The molecule has 0 radical (unpaired) electrons. The molecule has 2 aromatic rings. The molecule has 4 heteroatoms. The van der Waals surface area contributed by atoms with E-state index in [4.69, 9.17) is 16.3 Å². The monoisotopic (exact) mass is 279 g/mol. The highest BCUT2D eigenvalue weighted by Crippen LogP contribution is 2.38. The molecule has 2 heterocycles. The van der Waals surface area contributed by atoms with Gasteiger partial charge in [0.2, 0.25) is 0 Å². The minimum Gasteiger partial charge on any atom is -0.481 e. The molecular weight excluding hydrogens is 266 g/mol. The molecule has 0 saturated carbocycles. The molecule has 3 rings (SSSR count). The Kier molecular flexibility index (Phi) is 2.96. The number of hydrogen-bond donors (Lipinski definition) is 1. The zero-order valence-electron chi connectivity index (χ0n) is 10.3. The van der Waals surface area contributed by atoms with Crippen LogP contribution in [0.15, 0.2) is 23.6 Å². The third kappa shape index (κ3) is 2.08. The van der Waals surface area contributed by atoms with Crippen LogP contribution in [0.5, 0.6) is 5.75 Å². The van der Waals surface area contributed by atoms with Gasteiger partial charge in [-0.2, -0.15) is 0 Å². The average molecular weight is 280 g/mol. The SMILES string of the molecule is Cc1cc(C)c2c(c1)NCC(c1csc(Cl)c1)O2. The van der Waals surface area contributed by atoms with E-state index >= 15 is 0 Å². The van der Waals surface area contributed by atoms with Gasteiger partial charge in [-0.05, 0) is 42.5 Å². The fourth-order valence-corrected chi connectivity index (χ4v) is 3.24. The molecule has 1 aliphatic heterocycles. The first-order valence-electron chi connectivity index (χ1n) is 5.89. The van der Waals surface area contributed by atoms with E-state index in [0.717, 1.165) is 27.9 Å². The molecule has 0 aliphatic carbocycles. The van der Waals surface area contributed by atoms with Crippen molar-refractivity contribution in [2.75, 3.05) is 11.9 Å². The van der Waals surface area contributed by atoms with E-state index in [2.05, 4.69) is 36.7 Å². The Balaban J connectivity index is 1.93. The number of halogens is 1. The molecule has 94 valence electrons. The first kappa shape index (κ1) is 11.9. The Labute approximate surface area is 116 Å². The van der Waals surface area contributed by atoms with Crippen LogP contribution < -0.4 is 10.1 Å². The summed E-state index contributed by atoms with van der Waals surface area (Å²) in [4.78, 5) is 0. The first-order chi connectivity index (χ1) is 8.63. The average Bonchev–Trinajstić information content (AvgIpc) is 2.75. The summed E-state index contributed by atoms with van der Waals surface area (Å²) in [5.41, 5.74) is 4.65. The Bertz CT molecular complexity index is 593. The van der Waals surface area contributed by atoms with Crippen molar-refractivity contribution in [2.45, 2.75) is 20.0 Å². The number of thiophene rings is 1. The van der Waals surface area contributed by atoms with E-state index in [9.17, 15) is 0 Å². The molecule has 2 nitrogen and oxygen atoms in total. The Hall–Kier alpha value is -1.19. The van der Waals surface area contributed by atoms with Crippen LogP contribution in [0.4, 0.5) is 5.69 Å². The summed E-state index contributed by atoms with van der Waals surface area (Å²) >= 11 is 7.52. The molecule has 0 fully saturated rings. The largest absolute Gasteiger partial charge is 0.481 e. The van der Waals surface area contributed by atoms with Crippen LogP contribution in [-0.4, -0.2) is 6.54 Å². The van der Waals surface area contributed by atoms with Gasteiger partial charge in [-0.15, -0.1) is 11.3 Å². The van der Waals surface area contributed by atoms with Crippen LogP contribution in [0.2, 0.25) is 4.34 Å². The number of fused-ring (bicyclic) bond motifs is 1. The van der Waals surface area contributed by atoms with Gasteiger partial charge in [0.25, 0.3) is 0 Å². The van der Waals surface area contributed by atoms with E-state index in [1.807, 2.05) is 6.07 Å².